The molecule has 1 heterocycles. The number of hydrogen-bond donors (Lipinski definition) is 3. The van der Waals surface area contributed by atoms with E-state index in [1.54, 1.807) is 7.05 Å². The van der Waals surface area contributed by atoms with Crippen LogP contribution in [0.1, 0.15) is 37.7 Å². The molecule has 0 saturated carbocycles. The molecule has 0 aliphatic carbocycles. The predicted octanol–water partition coefficient (Wildman–Crippen LogP) is 2.67. The molecule has 1 unspecified atom stereocenters. The first-order chi connectivity index (χ1) is 12.3. The van der Waals surface area contributed by atoms with Gasteiger partial charge in [-0.15, -0.1) is 24.0 Å². The third-order valence-corrected chi connectivity index (χ3v) is 5.23. The quantitative estimate of drug-likeness (QED) is 0.308. The minimum absolute atomic E-state index is 0. The number of guanidine groups is 1. The molecule has 0 amide bonds. The molecule has 1 aromatic carbocycles. The molecule has 1 aliphatic heterocycles. The number of aliphatic hydroxyl groups is 1. The summed E-state index contributed by atoms with van der Waals surface area (Å²) >= 11 is 0. The summed E-state index contributed by atoms with van der Waals surface area (Å²) in [4.78, 5) is 6.83. The zero-order valence-corrected chi connectivity index (χ0v) is 18.5. The highest BCUT2D eigenvalue weighted by molar-refractivity contribution is 14.0. The molecule has 1 atom stereocenters. The number of nitrogens with one attached hydrogen (secondary N) is 2. The van der Waals surface area contributed by atoms with E-state index in [4.69, 9.17) is 0 Å². The molecule has 6 heteroatoms. The molecule has 148 valence electrons. The maximum Gasteiger partial charge on any atom is 0.190 e. The summed E-state index contributed by atoms with van der Waals surface area (Å²) in [5, 5.41) is 16.4. The largest absolute Gasteiger partial charge is 0.396 e. The summed E-state index contributed by atoms with van der Waals surface area (Å²) in [6.45, 7) is 7.65. The maximum atomic E-state index is 9.65. The average Bonchev–Trinajstić information content (AvgIpc) is 2.68. The SMILES string of the molecule is CCN1CCC(CCNC(=NC)NCC(CO)c2ccccc2)CC1.I. The van der Waals surface area contributed by atoms with Gasteiger partial charge in [0.25, 0.3) is 0 Å². The Morgan fingerprint density at radius 3 is 2.50 bits per heavy atom. The standard InChI is InChI=1S/C20H34N4O.HI/c1-3-24-13-10-17(11-14-24)9-12-22-20(21-2)23-15-19(16-25)18-7-5-4-6-8-18;/h4-8,17,19,25H,3,9-16H2,1-2H3,(H2,21,22,23);1H. The van der Waals surface area contributed by atoms with E-state index in [9.17, 15) is 5.11 Å². The summed E-state index contributed by atoms with van der Waals surface area (Å²) in [5.41, 5.74) is 1.15. The second-order valence-electron chi connectivity index (χ2n) is 6.84. The van der Waals surface area contributed by atoms with Gasteiger partial charge in [0.2, 0.25) is 0 Å². The monoisotopic (exact) mass is 474 g/mol. The van der Waals surface area contributed by atoms with Crippen LogP contribution in [0.4, 0.5) is 0 Å². The Kier molecular flexibility index (Phi) is 11.9. The number of benzene rings is 1. The van der Waals surface area contributed by atoms with E-state index in [-0.39, 0.29) is 36.5 Å². The molecule has 1 fully saturated rings. The Labute approximate surface area is 175 Å². The van der Waals surface area contributed by atoms with Crippen LogP contribution in [0.5, 0.6) is 0 Å². The van der Waals surface area contributed by atoms with Crippen molar-refractivity contribution in [3.63, 3.8) is 0 Å². The molecular weight excluding hydrogens is 439 g/mol. The fraction of sp³-hybridized carbons (Fsp3) is 0.650. The second-order valence-corrected chi connectivity index (χ2v) is 6.84. The molecular formula is C20H35IN4O. The van der Waals surface area contributed by atoms with E-state index in [2.05, 4.69) is 39.6 Å². The molecule has 26 heavy (non-hydrogen) atoms. The number of likely N-dealkylation sites (tertiary alicyclic amines) is 1. The van der Waals surface area contributed by atoms with Gasteiger partial charge >= 0.3 is 0 Å². The minimum atomic E-state index is 0. The number of hydrogen-bond acceptors (Lipinski definition) is 3. The summed E-state index contributed by atoms with van der Waals surface area (Å²) < 4.78 is 0. The lowest BCUT2D eigenvalue weighted by Crippen LogP contribution is -2.41. The van der Waals surface area contributed by atoms with Crippen LogP contribution < -0.4 is 10.6 Å². The van der Waals surface area contributed by atoms with Crippen molar-refractivity contribution in [1.82, 2.24) is 15.5 Å². The summed E-state index contributed by atoms with van der Waals surface area (Å²) in [5.74, 6) is 1.72. The van der Waals surface area contributed by atoms with Gasteiger partial charge in [-0.3, -0.25) is 4.99 Å². The Morgan fingerprint density at radius 1 is 1.23 bits per heavy atom. The maximum absolute atomic E-state index is 9.65. The number of rotatable bonds is 8. The highest BCUT2D eigenvalue weighted by Gasteiger charge is 2.17. The van der Waals surface area contributed by atoms with Crippen LogP contribution in [-0.4, -0.2) is 62.3 Å². The van der Waals surface area contributed by atoms with Gasteiger partial charge in [-0.2, -0.15) is 0 Å². The third-order valence-electron chi connectivity index (χ3n) is 5.23. The van der Waals surface area contributed by atoms with Gasteiger partial charge in [0, 0.05) is 26.1 Å². The lowest BCUT2D eigenvalue weighted by Gasteiger charge is -2.31. The van der Waals surface area contributed by atoms with Gasteiger partial charge in [-0.25, -0.2) is 0 Å². The summed E-state index contributed by atoms with van der Waals surface area (Å²) in [6.07, 6.45) is 3.81. The van der Waals surface area contributed by atoms with Crippen molar-refractivity contribution in [2.24, 2.45) is 10.9 Å². The molecule has 2 rings (SSSR count). The molecule has 0 radical (unpaired) electrons. The van der Waals surface area contributed by atoms with E-state index in [0.717, 1.165) is 24.0 Å². The fourth-order valence-corrected chi connectivity index (χ4v) is 3.44. The molecule has 0 spiro atoms. The van der Waals surface area contributed by atoms with Crippen molar-refractivity contribution in [3.05, 3.63) is 35.9 Å². The van der Waals surface area contributed by atoms with Gasteiger partial charge in [0.15, 0.2) is 5.96 Å². The first-order valence-electron chi connectivity index (χ1n) is 9.59. The number of aliphatic imine (C=N–C) groups is 1. The minimum Gasteiger partial charge on any atom is -0.396 e. The van der Waals surface area contributed by atoms with Crippen molar-refractivity contribution in [2.75, 3.05) is 46.4 Å². The van der Waals surface area contributed by atoms with Crippen LogP contribution in [0.2, 0.25) is 0 Å². The molecule has 5 nitrogen and oxygen atoms in total. The van der Waals surface area contributed by atoms with Crippen molar-refractivity contribution in [2.45, 2.75) is 32.1 Å². The van der Waals surface area contributed by atoms with E-state index < -0.39 is 0 Å². The van der Waals surface area contributed by atoms with E-state index >= 15 is 0 Å². The number of aliphatic hydroxyl groups excluding tert-OH is 1. The van der Waals surface area contributed by atoms with Crippen LogP contribution in [0.3, 0.4) is 0 Å². The first kappa shape index (κ1) is 23.2. The molecule has 0 aromatic heterocycles. The van der Waals surface area contributed by atoms with Gasteiger partial charge in [0.05, 0.1) is 6.61 Å². The predicted molar refractivity (Wildman–Crippen MR) is 121 cm³/mol. The average molecular weight is 474 g/mol. The van der Waals surface area contributed by atoms with Gasteiger partial charge in [-0.1, -0.05) is 37.3 Å². The smallest absolute Gasteiger partial charge is 0.190 e. The topological polar surface area (TPSA) is 59.9 Å². The van der Waals surface area contributed by atoms with E-state index in [1.165, 1.54) is 38.9 Å². The molecule has 1 aliphatic rings. The molecule has 1 saturated heterocycles. The van der Waals surface area contributed by atoms with E-state index in [1.807, 2.05) is 18.2 Å². The zero-order chi connectivity index (χ0) is 17.9. The van der Waals surface area contributed by atoms with Crippen LogP contribution in [0.25, 0.3) is 0 Å². The van der Waals surface area contributed by atoms with Gasteiger partial charge in [0.1, 0.15) is 0 Å². The summed E-state index contributed by atoms with van der Waals surface area (Å²) in [6, 6.07) is 10.1. The zero-order valence-electron chi connectivity index (χ0n) is 16.2. The Hall–Kier alpha value is -0.860. The fourth-order valence-electron chi connectivity index (χ4n) is 3.44. The van der Waals surface area contributed by atoms with Crippen LogP contribution in [0.15, 0.2) is 35.3 Å². The third kappa shape index (κ3) is 7.80. The van der Waals surface area contributed by atoms with E-state index in [0.29, 0.717) is 6.54 Å². The Balaban J connectivity index is 0.00000338. The highest BCUT2D eigenvalue weighted by Crippen LogP contribution is 2.19. The summed E-state index contributed by atoms with van der Waals surface area (Å²) in [7, 11) is 1.80. The van der Waals surface area contributed by atoms with Crippen molar-refractivity contribution >= 4 is 29.9 Å². The Bertz CT molecular complexity index is 504. The van der Waals surface area contributed by atoms with Crippen molar-refractivity contribution in [3.8, 4) is 0 Å². The first-order valence-corrected chi connectivity index (χ1v) is 9.59. The lowest BCUT2D eigenvalue weighted by molar-refractivity contribution is 0.187. The molecule has 1 aromatic rings. The van der Waals surface area contributed by atoms with Crippen LogP contribution in [0, 0.1) is 5.92 Å². The van der Waals surface area contributed by atoms with Crippen LogP contribution in [-0.2, 0) is 0 Å². The highest BCUT2D eigenvalue weighted by atomic mass is 127. The molecule has 0 bridgehead atoms. The lowest BCUT2D eigenvalue weighted by atomic mass is 9.93. The number of halogens is 1. The van der Waals surface area contributed by atoms with Gasteiger partial charge < -0.3 is 20.6 Å². The Morgan fingerprint density at radius 2 is 1.92 bits per heavy atom. The van der Waals surface area contributed by atoms with Gasteiger partial charge in [-0.05, 0) is 50.4 Å². The van der Waals surface area contributed by atoms with Crippen LogP contribution >= 0.6 is 24.0 Å². The number of piperidine rings is 1. The van der Waals surface area contributed by atoms with Crippen molar-refractivity contribution in [1.29, 1.82) is 0 Å². The second kappa shape index (κ2) is 13.3. The molecule has 3 N–H and O–H groups in total. The van der Waals surface area contributed by atoms with Crippen molar-refractivity contribution < 1.29 is 5.11 Å². The number of nitrogens with zero attached hydrogens (tertiary/aromatic N) is 2. The normalized spacial score (nSPS) is 17.4.